The van der Waals surface area contributed by atoms with Crippen molar-refractivity contribution < 1.29 is 19.1 Å². The van der Waals surface area contributed by atoms with Crippen LogP contribution in [0.3, 0.4) is 0 Å². The maximum absolute atomic E-state index is 13.2. The first-order valence-electron chi connectivity index (χ1n) is 19.0. The molecule has 0 aromatic heterocycles. The summed E-state index contributed by atoms with van der Waals surface area (Å²) in [4.78, 5) is 25.2. The molecular formula is C39H76O4. The predicted octanol–water partition coefficient (Wildman–Crippen LogP) is 12.1. The third-order valence-corrected chi connectivity index (χ3v) is 9.75. The molecule has 0 aliphatic rings. The maximum Gasteiger partial charge on any atom is 0.309 e. The molecule has 4 atom stereocenters. The van der Waals surface area contributed by atoms with Gasteiger partial charge in [0.15, 0.2) is 0 Å². The number of rotatable bonds is 30. The molecule has 0 amide bonds. The second-order valence-electron chi connectivity index (χ2n) is 14.3. The highest BCUT2D eigenvalue weighted by atomic mass is 16.5. The summed E-state index contributed by atoms with van der Waals surface area (Å²) < 4.78 is 11.5. The third-order valence-electron chi connectivity index (χ3n) is 9.75. The first-order valence-corrected chi connectivity index (χ1v) is 19.0. The Kier molecular flexibility index (Phi) is 27.7. The van der Waals surface area contributed by atoms with Crippen LogP contribution >= 0.6 is 0 Å². The summed E-state index contributed by atoms with van der Waals surface area (Å²) in [6, 6.07) is 0. The number of hydrogen-bond acceptors (Lipinski definition) is 4. The average molecular weight is 609 g/mol. The van der Waals surface area contributed by atoms with E-state index in [1.54, 1.807) is 0 Å². The summed E-state index contributed by atoms with van der Waals surface area (Å²) in [6.45, 7) is 19.0. The molecule has 0 spiro atoms. The van der Waals surface area contributed by atoms with E-state index in [0.29, 0.717) is 49.2 Å². The minimum absolute atomic E-state index is 0.00255. The minimum Gasteiger partial charge on any atom is -0.465 e. The van der Waals surface area contributed by atoms with Crippen LogP contribution in [0, 0.1) is 35.5 Å². The monoisotopic (exact) mass is 609 g/mol. The molecule has 0 fully saturated rings. The molecule has 43 heavy (non-hydrogen) atoms. The lowest BCUT2D eigenvalue weighted by Gasteiger charge is -2.32. The van der Waals surface area contributed by atoms with Gasteiger partial charge in [0, 0.05) is 6.42 Å². The van der Waals surface area contributed by atoms with E-state index in [4.69, 9.17) is 9.47 Å². The Morgan fingerprint density at radius 1 is 0.512 bits per heavy atom. The van der Waals surface area contributed by atoms with Gasteiger partial charge in [-0.3, -0.25) is 9.59 Å². The van der Waals surface area contributed by atoms with E-state index >= 15 is 0 Å². The Labute approximate surface area is 269 Å². The standard InChI is InChI=1S/C39H76O4/c1-9-13-26-34(11-3)30-42-37(40)29-25-23-21-19-17-15-16-18-20-22-24-28-36(32(5)6)38(33(7)8)39(41)43-31-35(12-4)27-14-10-2/h32-36,38H,9-31H2,1-8H3. The van der Waals surface area contributed by atoms with Crippen molar-refractivity contribution >= 4 is 11.9 Å². The van der Waals surface area contributed by atoms with Crippen LogP contribution in [0.15, 0.2) is 0 Å². The molecule has 0 bridgehead atoms. The van der Waals surface area contributed by atoms with E-state index in [1.807, 2.05) is 0 Å². The molecule has 0 saturated heterocycles. The topological polar surface area (TPSA) is 52.6 Å². The molecule has 4 heteroatoms. The van der Waals surface area contributed by atoms with Gasteiger partial charge >= 0.3 is 11.9 Å². The van der Waals surface area contributed by atoms with E-state index in [2.05, 4.69) is 55.4 Å². The van der Waals surface area contributed by atoms with Gasteiger partial charge in [-0.1, -0.05) is 158 Å². The molecule has 0 aromatic rings. The Hall–Kier alpha value is -1.06. The van der Waals surface area contributed by atoms with Crippen LogP contribution in [0.2, 0.25) is 0 Å². The summed E-state index contributed by atoms with van der Waals surface area (Å²) >= 11 is 0. The smallest absolute Gasteiger partial charge is 0.309 e. The molecule has 0 heterocycles. The molecule has 4 unspecified atom stereocenters. The van der Waals surface area contributed by atoms with Crippen molar-refractivity contribution in [2.45, 2.75) is 190 Å². The molecule has 0 aromatic carbocycles. The fourth-order valence-electron chi connectivity index (χ4n) is 6.48. The summed E-state index contributed by atoms with van der Waals surface area (Å²) in [5.74, 6) is 2.32. The Morgan fingerprint density at radius 3 is 1.37 bits per heavy atom. The van der Waals surface area contributed by atoms with E-state index in [9.17, 15) is 9.59 Å². The zero-order valence-corrected chi connectivity index (χ0v) is 30.4. The van der Waals surface area contributed by atoms with Crippen molar-refractivity contribution in [1.29, 1.82) is 0 Å². The van der Waals surface area contributed by atoms with Crippen LogP contribution < -0.4 is 0 Å². The SMILES string of the molecule is CCCCC(CC)COC(=O)CCCCCCCCCCCCCC(C(C)C)C(C(=O)OCC(CC)CCCC)C(C)C. The molecule has 4 nitrogen and oxygen atoms in total. The van der Waals surface area contributed by atoms with Crippen LogP contribution in [-0.2, 0) is 19.1 Å². The van der Waals surface area contributed by atoms with Gasteiger partial charge in [0.25, 0.3) is 0 Å². The molecule has 0 saturated carbocycles. The lowest BCUT2D eigenvalue weighted by molar-refractivity contribution is -0.155. The first-order chi connectivity index (χ1) is 20.7. The summed E-state index contributed by atoms with van der Waals surface area (Å²) in [5.41, 5.74) is 0. The van der Waals surface area contributed by atoms with Crippen molar-refractivity contribution in [3.8, 4) is 0 Å². The zero-order chi connectivity index (χ0) is 32.3. The number of carbonyl (C=O) groups is 2. The van der Waals surface area contributed by atoms with Crippen LogP contribution in [0.5, 0.6) is 0 Å². The highest BCUT2D eigenvalue weighted by Gasteiger charge is 2.34. The van der Waals surface area contributed by atoms with Crippen molar-refractivity contribution in [3.63, 3.8) is 0 Å². The Balaban J connectivity index is 4.04. The summed E-state index contributed by atoms with van der Waals surface area (Å²) in [7, 11) is 0. The normalized spacial score (nSPS) is 14.6. The van der Waals surface area contributed by atoms with Gasteiger partial charge in [-0.15, -0.1) is 0 Å². The lowest BCUT2D eigenvalue weighted by atomic mass is 9.74. The number of carbonyl (C=O) groups excluding carboxylic acids is 2. The number of ether oxygens (including phenoxy) is 2. The van der Waals surface area contributed by atoms with E-state index < -0.39 is 0 Å². The Bertz CT molecular complexity index is 643. The second kappa shape index (κ2) is 28.4. The second-order valence-corrected chi connectivity index (χ2v) is 14.3. The molecule has 0 rings (SSSR count). The number of unbranched alkanes of at least 4 members (excludes halogenated alkanes) is 12. The molecular weight excluding hydrogens is 532 g/mol. The van der Waals surface area contributed by atoms with Crippen molar-refractivity contribution in [2.24, 2.45) is 35.5 Å². The molecule has 0 aliphatic heterocycles. The van der Waals surface area contributed by atoms with Crippen LogP contribution in [0.4, 0.5) is 0 Å². The molecule has 256 valence electrons. The van der Waals surface area contributed by atoms with Crippen LogP contribution in [0.1, 0.15) is 190 Å². The van der Waals surface area contributed by atoms with Crippen molar-refractivity contribution in [3.05, 3.63) is 0 Å². The first kappa shape index (κ1) is 41.9. The minimum atomic E-state index is -0.00255. The molecule has 0 aliphatic carbocycles. The molecule has 0 radical (unpaired) electrons. The number of esters is 2. The average Bonchev–Trinajstić information content (AvgIpc) is 2.98. The van der Waals surface area contributed by atoms with Crippen LogP contribution in [0.25, 0.3) is 0 Å². The van der Waals surface area contributed by atoms with E-state index in [1.165, 1.54) is 89.9 Å². The van der Waals surface area contributed by atoms with Gasteiger partial charge in [0.05, 0.1) is 19.1 Å². The van der Waals surface area contributed by atoms with Gasteiger partial charge in [-0.25, -0.2) is 0 Å². The maximum atomic E-state index is 13.2. The largest absolute Gasteiger partial charge is 0.465 e. The highest BCUT2D eigenvalue weighted by Crippen LogP contribution is 2.33. The Morgan fingerprint density at radius 2 is 0.953 bits per heavy atom. The van der Waals surface area contributed by atoms with Crippen LogP contribution in [-0.4, -0.2) is 25.2 Å². The van der Waals surface area contributed by atoms with Gasteiger partial charge in [-0.2, -0.15) is 0 Å². The molecule has 0 N–H and O–H groups in total. The highest BCUT2D eigenvalue weighted by molar-refractivity contribution is 5.73. The van der Waals surface area contributed by atoms with E-state index in [0.717, 1.165) is 38.5 Å². The van der Waals surface area contributed by atoms with Crippen molar-refractivity contribution in [2.75, 3.05) is 13.2 Å². The quantitative estimate of drug-likeness (QED) is 0.0601. The van der Waals surface area contributed by atoms with Gasteiger partial charge in [-0.05, 0) is 55.3 Å². The fourth-order valence-corrected chi connectivity index (χ4v) is 6.48. The lowest BCUT2D eigenvalue weighted by Crippen LogP contribution is -2.34. The predicted molar refractivity (Wildman–Crippen MR) is 185 cm³/mol. The fraction of sp³-hybridized carbons (Fsp3) is 0.949. The summed E-state index contributed by atoms with van der Waals surface area (Å²) in [6.07, 6.45) is 24.8. The van der Waals surface area contributed by atoms with Gasteiger partial charge in [0.2, 0.25) is 0 Å². The zero-order valence-electron chi connectivity index (χ0n) is 30.4. The van der Waals surface area contributed by atoms with E-state index in [-0.39, 0.29) is 17.9 Å². The van der Waals surface area contributed by atoms with Crippen molar-refractivity contribution in [1.82, 2.24) is 0 Å². The number of hydrogen-bond donors (Lipinski definition) is 0. The van der Waals surface area contributed by atoms with Gasteiger partial charge < -0.3 is 9.47 Å². The van der Waals surface area contributed by atoms with Gasteiger partial charge in [0.1, 0.15) is 0 Å². The third kappa shape index (κ3) is 22.1. The summed E-state index contributed by atoms with van der Waals surface area (Å²) in [5, 5.41) is 0.